The Morgan fingerprint density at radius 2 is 2.00 bits per heavy atom. The molecule has 152 valence electrons. The van der Waals surface area contributed by atoms with Crippen molar-refractivity contribution in [3.8, 4) is 5.75 Å². The van der Waals surface area contributed by atoms with Gasteiger partial charge < -0.3 is 19.7 Å². The molecule has 0 aromatic heterocycles. The molecule has 1 N–H and O–H groups in total. The number of rotatable bonds is 3. The Labute approximate surface area is 160 Å². The molecule has 2 heterocycles. The van der Waals surface area contributed by atoms with E-state index < -0.39 is 12.5 Å². The van der Waals surface area contributed by atoms with Gasteiger partial charge in [-0.05, 0) is 48.3 Å². The molecule has 2 saturated heterocycles. The second kappa shape index (κ2) is 6.86. The standard InChI is InChI=1S/C19H21F3N2O4/c1-10-2-3-11(6-15(10)28-19(20,21)22)16-13-8-24(9-14(13)16)17(25)12-4-5-27-18(26)23-7-12/h2-3,6,12-14,16H,4-5,7-9H2,1H3,(H,23,26)/t12-,13-,14+,16?/m1/s1. The van der Waals surface area contributed by atoms with Crippen molar-refractivity contribution in [2.24, 2.45) is 17.8 Å². The van der Waals surface area contributed by atoms with E-state index in [-0.39, 0.29) is 48.5 Å². The molecule has 1 aliphatic carbocycles. The maximum absolute atomic E-state index is 12.7. The fourth-order valence-electron chi connectivity index (χ4n) is 4.38. The van der Waals surface area contributed by atoms with Gasteiger partial charge in [0.15, 0.2) is 0 Å². The van der Waals surface area contributed by atoms with Crippen LogP contribution in [0.3, 0.4) is 0 Å². The van der Waals surface area contributed by atoms with Gasteiger partial charge >= 0.3 is 12.5 Å². The van der Waals surface area contributed by atoms with Gasteiger partial charge in [-0.1, -0.05) is 12.1 Å². The van der Waals surface area contributed by atoms with E-state index in [4.69, 9.17) is 4.74 Å². The van der Waals surface area contributed by atoms with Crippen molar-refractivity contribution in [1.82, 2.24) is 10.2 Å². The molecule has 28 heavy (non-hydrogen) atoms. The number of cyclic esters (lactones) is 1. The SMILES string of the molecule is Cc1ccc(C2[C@H]3CN(C(=O)[C@@H]4CCOC(=O)NC4)C[C@@H]23)cc1OC(F)(F)F. The molecule has 3 fully saturated rings. The average Bonchev–Trinajstić information content (AvgIpc) is 3.20. The lowest BCUT2D eigenvalue weighted by molar-refractivity contribution is -0.274. The van der Waals surface area contributed by atoms with Crippen LogP contribution in [0.15, 0.2) is 18.2 Å². The van der Waals surface area contributed by atoms with E-state index in [1.165, 1.54) is 6.07 Å². The minimum Gasteiger partial charge on any atom is -0.450 e. The van der Waals surface area contributed by atoms with E-state index in [9.17, 15) is 22.8 Å². The van der Waals surface area contributed by atoms with Gasteiger partial charge in [0.1, 0.15) is 5.75 Å². The number of benzene rings is 1. The zero-order valence-corrected chi connectivity index (χ0v) is 15.3. The number of hydrogen-bond donors (Lipinski definition) is 1. The monoisotopic (exact) mass is 398 g/mol. The summed E-state index contributed by atoms with van der Waals surface area (Å²) in [5, 5.41) is 2.57. The van der Waals surface area contributed by atoms with Gasteiger partial charge in [-0.2, -0.15) is 0 Å². The maximum Gasteiger partial charge on any atom is 0.573 e. The highest BCUT2D eigenvalue weighted by molar-refractivity contribution is 5.81. The summed E-state index contributed by atoms with van der Waals surface area (Å²) in [6.45, 7) is 3.24. The number of alkyl carbamates (subject to hydrolysis) is 1. The fraction of sp³-hybridized carbons (Fsp3) is 0.579. The number of alkyl halides is 3. The minimum atomic E-state index is -4.72. The molecular weight excluding hydrogens is 377 g/mol. The second-order valence-electron chi connectivity index (χ2n) is 7.67. The van der Waals surface area contributed by atoms with Crippen LogP contribution >= 0.6 is 0 Å². The Hall–Kier alpha value is -2.45. The Bertz CT molecular complexity index is 786. The van der Waals surface area contributed by atoms with Crippen LogP contribution < -0.4 is 10.1 Å². The van der Waals surface area contributed by atoms with Crippen LogP contribution in [0.5, 0.6) is 5.75 Å². The van der Waals surface area contributed by atoms with Crippen molar-refractivity contribution in [2.45, 2.75) is 25.6 Å². The van der Waals surface area contributed by atoms with Crippen molar-refractivity contribution in [3.05, 3.63) is 29.3 Å². The number of amides is 2. The summed E-state index contributed by atoms with van der Waals surface area (Å²) < 4.78 is 46.7. The third-order valence-corrected chi connectivity index (χ3v) is 5.87. The predicted octanol–water partition coefficient (Wildman–Crippen LogP) is 2.81. The van der Waals surface area contributed by atoms with Gasteiger partial charge in [0.2, 0.25) is 5.91 Å². The van der Waals surface area contributed by atoms with Crippen LogP contribution in [-0.2, 0) is 9.53 Å². The van der Waals surface area contributed by atoms with Crippen molar-refractivity contribution < 1.29 is 32.2 Å². The van der Waals surface area contributed by atoms with Crippen LogP contribution in [0.2, 0.25) is 0 Å². The topological polar surface area (TPSA) is 67.9 Å². The number of halogens is 3. The lowest BCUT2D eigenvalue weighted by Crippen LogP contribution is -2.40. The molecule has 1 unspecified atom stereocenters. The molecule has 1 aromatic carbocycles. The van der Waals surface area contributed by atoms with E-state index in [0.29, 0.717) is 25.1 Å². The molecule has 4 atom stereocenters. The Balaban J connectivity index is 1.38. The molecular formula is C19H21F3N2O4. The normalized spacial score (nSPS) is 29.4. The van der Waals surface area contributed by atoms with E-state index in [2.05, 4.69) is 10.1 Å². The number of fused-ring (bicyclic) bond motifs is 1. The van der Waals surface area contributed by atoms with Crippen molar-refractivity contribution in [1.29, 1.82) is 0 Å². The zero-order valence-electron chi connectivity index (χ0n) is 15.3. The second-order valence-corrected chi connectivity index (χ2v) is 7.67. The molecule has 0 bridgehead atoms. The first-order valence-electron chi connectivity index (χ1n) is 9.28. The number of likely N-dealkylation sites (tertiary alicyclic amines) is 1. The van der Waals surface area contributed by atoms with Crippen LogP contribution in [0, 0.1) is 24.7 Å². The van der Waals surface area contributed by atoms with Crippen LogP contribution in [0.25, 0.3) is 0 Å². The van der Waals surface area contributed by atoms with Crippen LogP contribution in [0.1, 0.15) is 23.5 Å². The molecule has 9 heteroatoms. The minimum absolute atomic E-state index is 0.00162. The first-order valence-corrected chi connectivity index (χ1v) is 9.28. The molecule has 1 aromatic rings. The number of nitrogens with one attached hydrogen (secondary N) is 1. The average molecular weight is 398 g/mol. The summed E-state index contributed by atoms with van der Waals surface area (Å²) in [6, 6.07) is 4.95. The summed E-state index contributed by atoms with van der Waals surface area (Å²) in [7, 11) is 0. The Kier molecular flexibility index (Phi) is 4.63. The number of nitrogens with zero attached hydrogens (tertiary/aromatic N) is 1. The van der Waals surface area contributed by atoms with E-state index in [1.807, 2.05) is 6.07 Å². The first kappa shape index (κ1) is 18.9. The highest BCUT2D eigenvalue weighted by Crippen LogP contribution is 2.58. The molecule has 0 radical (unpaired) electrons. The molecule has 0 spiro atoms. The third kappa shape index (κ3) is 3.74. The molecule has 3 aliphatic rings. The number of carbonyl (C=O) groups excluding carboxylic acids is 2. The molecule has 1 saturated carbocycles. The number of carbonyl (C=O) groups is 2. The van der Waals surface area contributed by atoms with Gasteiger partial charge in [-0.25, -0.2) is 4.79 Å². The van der Waals surface area contributed by atoms with Gasteiger partial charge in [-0.15, -0.1) is 13.2 Å². The van der Waals surface area contributed by atoms with E-state index >= 15 is 0 Å². The quantitative estimate of drug-likeness (QED) is 0.850. The summed E-state index contributed by atoms with van der Waals surface area (Å²) in [5.74, 6) is 0.189. The molecule has 2 amide bonds. The lowest BCUT2D eigenvalue weighted by atomic mass is 10.0. The summed E-state index contributed by atoms with van der Waals surface area (Å²) in [5.41, 5.74) is 1.25. The highest BCUT2D eigenvalue weighted by atomic mass is 19.4. The maximum atomic E-state index is 12.7. The molecule has 6 nitrogen and oxygen atoms in total. The molecule has 4 rings (SSSR count). The number of ether oxygens (including phenoxy) is 2. The van der Waals surface area contributed by atoms with Crippen molar-refractivity contribution in [2.75, 3.05) is 26.2 Å². The number of piperidine rings is 1. The Morgan fingerprint density at radius 3 is 2.68 bits per heavy atom. The van der Waals surface area contributed by atoms with Crippen LogP contribution in [-0.4, -0.2) is 49.5 Å². The molecule has 2 aliphatic heterocycles. The zero-order chi connectivity index (χ0) is 20.1. The van der Waals surface area contributed by atoms with Crippen molar-refractivity contribution in [3.63, 3.8) is 0 Å². The number of aryl methyl sites for hydroxylation is 1. The predicted molar refractivity (Wildman–Crippen MR) is 91.6 cm³/mol. The lowest BCUT2D eigenvalue weighted by Gasteiger charge is -2.24. The Morgan fingerprint density at radius 1 is 1.29 bits per heavy atom. The van der Waals surface area contributed by atoms with Gasteiger partial charge in [0.25, 0.3) is 0 Å². The highest BCUT2D eigenvalue weighted by Gasteiger charge is 2.57. The van der Waals surface area contributed by atoms with Gasteiger partial charge in [-0.3, -0.25) is 4.79 Å². The number of hydrogen-bond acceptors (Lipinski definition) is 4. The van der Waals surface area contributed by atoms with E-state index in [0.717, 1.165) is 5.56 Å². The third-order valence-electron chi connectivity index (χ3n) is 5.87. The first-order chi connectivity index (χ1) is 13.2. The van der Waals surface area contributed by atoms with Crippen molar-refractivity contribution >= 4 is 12.0 Å². The van der Waals surface area contributed by atoms with Crippen LogP contribution in [0.4, 0.5) is 18.0 Å². The van der Waals surface area contributed by atoms with Gasteiger partial charge in [0, 0.05) is 19.6 Å². The smallest absolute Gasteiger partial charge is 0.450 e. The summed E-state index contributed by atoms with van der Waals surface area (Å²) in [4.78, 5) is 25.7. The van der Waals surface area contributed by atoms with Gasteiger partial charge in [0.05, 0.1) is 12.5 Å². The summed E-state index contributed by atoms with van der Waals surface area (Å²) in [6.07, 6.45) is -4.73. The van der Waals surface area contributed by atoms with E-state index in [1.54, 1.807) is 17.9 Å². The fourth-order valence-corrected chi connectivity index (χ4v) is 4.38. The summed E-state index contributed by atoms with van der Waals surface area (Å²) >= 11 is 0. The largest absolute Gasteiger partial charge is 0.573 e.